The van der Waals surface area contributed by atoms with E-state index in [4.69, 9.17) is 9.97 Å². The van der Waals surface area contributed by atoms with Crippen LogP contribution in [0.4, 0.5) is 0 Å². The van der Waals surface area contributed by atoms with E-state index in [2.05, 4.69) is 179 Å². The highest BCUT2D eigenvalue weighted by Gasteiger charge is 2.21. The molecule has 0 bridgehead atoms. The Morgan fingerprint density at radius 3 is 1.20 bits per heavy atom. The summed E-state index contributed by atoms with van der Waals surface area (Å²) >= 11 is 0. The Balaban J connectivity index is 1.32. The third-order valence-electron chi connectivity index (χ3n) is 9.75. The smallest absolute Gasteiger partial charge is 0.162 e. The lowest BCUT2D eigenvalue weighted by molar-refractivity contribution is 1.12. The van der Waals surface area contributed by atoms with E-state index in [-0.39, 0.29) is 0 Å². The Morgan fingerprint density at radius 1 is 0.340 bits per heavy atom. The van der Waals surface area contributed by atoms with Crippen molar-refractivity contribution in [2.45, 2.75) is 0 Å². The fourth-order valence-corrected chi connectivity index (χ4v) is 7.50. The molecule has 0 saturated heterocycles. The van der Waals surface area contributed by atoms with Crippen LogP contribution in [0.15, 0.2) is 182 Å². The highest BCUT2D eigenvalue weighted by molar-refractivity contribution is 6.11. The number of fused-ring (bicyclic) bond motifs is 6. The van der Waals surface area contributed by atoms with Gasteiger partial charge in [0, 0.05) is 43.9 Å². The molecule has 3 aromatic heterocycles. The predicted molar refractivity (Wildman–Crippen MR) is 207 cm³/mol. The molecule has 0 atom stereocenters. The summed E-state index contributed by atoms with van der Waals surface area (Å²) in [6, 6.07) is 64.2. The van der Waals surface area contributed by atoms with E-state index in [1.165, 1.54) is 21.5 Å². The molecule has 0 unspecified atom stereocenters. The monoisotopic (exact) mass is 638 g/mol. The van der Waals surface area contributed by atoms with Gasteiger partial charge in [0.1, 0.15) is 0 Å². The SMILES string of the molecule is c1ccc(-c2cc(-c3ccccc3)nc(-c3cc(-n4c5ccccc5c5ccccc54)ccc3-n3c4ccccc4c4ccccc43)n2)cc1. The zero-order chi connectivity index (χ0) is 33.0. The standard InChI is InChI=1S/C46H30N4/c1-3-15-31(16-4-1)39-30-40(32-17-5-2-6-18-32)48-46(47-39)38-29-33(49-41-23-11-7-19-34(41)35-20-8-12-24-42(35)49)27-28-45(38)50-43-25-13-9-21-36(43)37-22-10-14-26-44(37)50/h1-30H. The maximum atomic E-state index is 5.34. The van der Waals surface area contributed by atoms with Crippen molar-refractivity contribution in [3.05, 3.63) is 182 Å². The summed E-state index contributed by atoms with van der Waals surface area (Å²) in [5.74, 6) is 0.671. The predicted octanol–water partition coefficient (Wildman–Crippen LogP) is 11.7. The molecule has 0 fully saturated rings. The van der Waals surface area contributed by atoms with Gasteiger partial charge in [0.15, 0.2) is 5.82 Å². The van der Waals surface area contributed by atoms with Crippen molar-refractivity contribution in [1.29, 1.82) is 0 Å². The summed E-state index contributed by atoms with van der Waals surface area (Å²) in [4.78, 5) is 10.7. The molecule has 7 aromatic carbocycles. The van der Waals surface area contributed by atoms with Gasteiger partial charge >= 0.3 is 0 Å². The fraction of sp³-hybridized carbons (Fsp3) is 0. The van der Waals surface area contributed by atoms with Crippen LogP contribution in [-0.2, 0) is 0 Å². The van der Waals surface area contributed by atoms with Gasteiger partial charge in [0.25, 0.3) is 0 Å². The van der Waals surface area contributed by atoms with Crippen LogP contribution in [0.2, 0.25) is 0 Å². The van der Waals surface area contributed by atoms with Crippen molar-refractivity contribution in [2.24, 2.45) is 0 Å². The van der Waals surface area contributed by atoms with Crippen LogP contribution in [0.1, 0.15) is 0 Å². The molecule has 0 amide bonds. The first kappa shape index (κ1) is 28.3. The number of rotatable bonds is 5. The van der Waals surface area contributed by atoms with Crippen LogP contribution in [0.25, 0.3) is 88.9 Å². The molecule has 4 heteroatoms. The maximum absolute atomic E-state index is 5.34. The third kappa shape index (κ3) is 4.46. The summed E-state index contributed by atoms with van der Waals surface area (Å²) in [6.45, 7) is 0. The average Bonchev–Trinajstić information content (AvgIpc) is 3.71. The van der Waals surface area contributed by atoms with Gasteiger partial charge in [-0.15, -0.1) is 0 Å². The summed E-state index contributed by atoms with van der Waals surface area (Å²) in [5, 5.41) is 4.88. The lowest BCUT2D eigenvalue weighted by Gasteiger charge is -2.17. The van der Waals surface area contributed by atoms with E-state index < -0.39 is 0 Å². The third-order valence-corrected chi connectivity index (χ3v) is 9.75. The van der Waals surface area contributed by atoms with Gasteiger partial charge in [-0.05, 0) is 48.5 Å². The highest BCUT2D eigenvalue weighted by Crippen LogP contribution is 2.39. The minimum atomic E-state index is 0.671. The van der Waals surface area contributed by atoms with Crippen LogP contribution >= 0.6 is 0 Å². The zero-order valence-corrected chi connectivity index (χ0v) is 27.1. The van der Waals surface area contributed by atoms with E-state index in [1.807, 2.05) is 12.1 Å². The lowest BCUT2D eigenvalue weighted by atomic mass is 10.1. The van der Waals surface area contributed by atoms with Gasteiger partial charge < -0.3 is 9.13 Å². The molecule has 50 heavy (non-hydrogen) atoms. The number of para-hydroxylation sites is 4. The van der Waals surface area contributed by atoms with Crippen molar-refractivity contribution in [2.75, 3.05) is 0 Å². The van der Waals surface area contributed by atoms with E-state index in [1.54, 1.807) is 0 Å². The molecule has 0 aliphatic heterocycles. The Labute approximate surface area is 289 Å². The Kier molecular flexibility index (Phi) is 6.46. The van der Waals surface area contributed by atoms with Gasteiger partial charge in [-0.1, -0.05) is 133 Å². The van der Waals surface area contributed by atoms with Crippen LogP contribution < -0.4 is 0 Å². The molecule has 0 aliphatic carbocycles. The summed E-state index contributed by atoms with van der Waals surface area (Å²) in [6.07, 6.45) is 0. The van der Waals surface area contributed by atoms with Crippen molar-refractivity contribution >= 4 is 43.6 Å². The molecular weight excluding hydrogens is 609 g/mol. The molecule has 10 aromatic rings. The quantitative estimate of drug-likeness (QED) is 0.188. The second-order valence-corrected chi connectivity index (χ2v) is 12.6. The maximum Gasteiger partial charge on any atom is 0.162 e. The van der Waals surface area contributed by atoms with Gasteiger partial charge in [-0.25, -0.2) is 9.97 Å². The van der Waals surface area contributed by atoms with Gasteiger partial charge in [0.05, 0.1) is 39.1 Å². The average molecular weight is 639 g/mol. The van der Waals surface area contributed by atoms with Gasteiger partial charge in [-0.2, -0.15) is 0 Å². The topological polar surface area (TPSA) is 35.6 Å². The molecule has 234 valence electrons. The van der Waals surface area contributed by atoms with Crippen LogP contribution in [0.5, 0.6) is 0 Å². The Hall–Kier alpha value is -6.78. The van der Waals surface area contributed by atoms with Gasteiger partial charge in [-0.3, -0.25) is 0 Å². The fourth-order valence-electron chi connectivity index (χ4n) is 7.50. The molecule has 0 radical (unpaired) electrons. The van der Waals surface area contributed by atoms with E-state index >= 15 is 0 Å². The van der Waals surface area contributed by atoms with Crippen LogP contribution in [0.3, 0.4) is 0 Å². The van der Waals surface area contributed by atoms with Crippen molar-refractivity contribution in [1.82, 2.24) is 19.1 Å². The van der Waals surface area contributed by atoms with E-state index in [0.29, 0.717) is 5.82 Å². The second-order valence-electron chi connectivity index (χ2n) is 12.6. The molecule has 0 spiro atoms. The van der Waals surface area contributed by atoms with Crippen LogP contribution in [-0.4, -0.2) is 19.1 Å². The molecule has 10 rings (SSSR count). The first-order valence-electron chi connectivity index (χ1n) is 16.9. The van der Waals surface area contributed by atoms with Crippen molar-refractivity contribution < 1.29 is 0 Å². The molecule has 3 heterocycles. The molecule has 4 nitrogen and oxygen atoms in total. The molecular formula is C46H30N4. The van der Waals surface area contributed by atoms with E-state index in [0.717, 1.165) is 61.5 Å². The van der Waals surface area contributed by atoms with Crippen molar-refractivity contribution in [3.8, 4) is 45.3 Å². The zero-order valence-electron chi connectivity index (χ0n) is 27.1. The molecule has 0 saturated carbocycles. The number of hydrogen-bond acceptors (Lipinski definition) is 2. The first-order chi connectivity index (χ1) is 24.8. The van der Waals surface area contributed by atoms with E-state index in [9.17, 15) is 0 Å². The summed E-state index contributed by atoms with van der Waals surface area (Å²) < 4.78 is 4.74. The minimum absolute atomic E-state index is 0.671. The Morgan fingerprint density at radius 2 is 0.740 bits per heavy atom. The van der Waals surface area contributed by atoms with Crippen molar-refractivity contribution in [3.63, 3.8) is 0 Å². The summed E-state index contributed by atoms with van der Waals surface area (Å²) in [5.41, 5.74) is 11.5. The van der Waals surface area contributed by atoms with Crippen LogP contribution in [0, 0.1) is 0 Å². The normalized spacial score (nSPS) is 11.6. The first-order valence-corrected chi connectivity index (χ1v) is 16.9. The van der Waals surface area contributed by atoms with Gasteiger partial charge in [0.2, 0.25) is 0 Å². The highest BCUT2D eigenvalue weighted by atomic mass is 15.0. The minimum Gasteiger partial charge on any atom is -0.309 e. The molecule has 0 aliphatic rings. The summed E-state index contributed by atoms with van der Waals surface area (Å²) in [7, 11) is 0. The Bertz CT molecular complexity index is 2700. The number of benzene rings is 7. The number of aromatic nitrogens is 4. The number of hydrogen-bond donors (Lipinski definition) is 0. The molecule has 0 N–H and O–H groups in total. The largest absolute Gasteiger partial charge is 0.309 e. The number of nitrogens with zero attached hydrogens (tertiary/aromatic N) is 4. The lowest BCUT2D eigenvalue weighted by Crippen LogP contribution is -2.04. The second kappa shape index (κ2) is 11.4.